The summed E-state index contributed by atoms with van der Waals surface area (Å²) in [6.07, 6.45) is 42.0. The van der Waals surface area contributed by atoms with Crippen LogP contribution in [0.3, 0.4) is 0 Å². The second-order valence-electron chi connectivity index (χ2n) is 15.0. The lowest BCUT2D eigenvalue weighted by molar-refractivity contribution is -0.870. The molecule has 0 saturated heterocycles. The molecule has 0 aliphatic carbocycles. The third-order valence-electron chi connectivity index (χ3n) is 8.75. The minimum Gasteiger partial charge on any atom is -0.387 e. The van der Waals surface area contributed by atoms with E-state index in [0.717, 1.165) is 38.5 Å². The summed E-state index contributed by atoms with van der Waals surface area (Å²) < 4.78 is 23.4. The van der Waals surface area contributed by atoms with Gasteiger partial charge < -0.3 is 19.8 Å². The van der Waals surface area contributed by atoms with Crippen molar-refractivity contribution in [3.8, 4) is 0 Å². The Bertz CT molecular complexity index is 975. The van der Waals surface area contributed by atoms with Crippen LogP contribution in [0, 0.1) is 0 Å². The first-order valence-electron chi connectivity index (χ1n) is 20.5. The van der Waals surface area contributed by atoms with Crippen molar-refractivity contribution in [1.29, 1.82) is 0 Å². The lowest BCUT2D eigenvalue weighted by Crippen LogP contribution is -2.45. The lowest BCUT2D eigenvalue weighted by atomic mass is 10.1. The Morgan fingerprint density at radius 1 is 0.647 bits per heavy atom. The lowest BCUT2D eigenvalue weighted by Gasteiger charge is -2.25. The molecule has 0 aromatic heterocycles. The molecule has 3 atom stereocenters. The molecule has 3 unspecified atom stereocenters. The highest BCUT2D eigenvalue weighted by molar-refractivity contribution is 7.47. The van der Waals surface area contributed by atoms with Gasteiger partial charge in [-0.25, -0.2) is 4.57 Å². The van der Waals surface area contributed by atoms with Gasteiger partial charge in [-0.15, -0.1) is 0 Å². The van der Waals surface area contributed by atoms with Gasteiger partial charge in [0.05, 0.1) is 39.9 Å². The van der Waals surface area contributed by atoms with Gasteiger partial charge in [-0.2, -0.15) is 0 Å². The number of unbranched alkanes of at least 4 members (excludes halogenated alkanes) is 17. The van der Waals surface area contributed by atoms with Crippen LogP contribution in [0.2, 0.25) is 0 Å². The SMILES string of the molecule is CCCCCC/C=C\CCCC(=O)NC(COP(=O)(O)OCC[N+](C)(C)C)C(O)/C=C/CC/C=C/CC/C=C/CCCCCCCCCCCC. The number of amides is 1. The number of phosphoric ester groups is 1. The summed E-state index contributed by atoms with van der Waals surface area (Å²) in [6.45, 7) is 4.70. The number of quaternary nitrogens is 1. The molecule has 9 heteroatoms. The van der Waals surface area contributed by atoms with Crippen molar-refractivity contribution in [3.05, 3.63) is 48.6 Å². The molecular formula is C42H80N2O6P+. The van der Waals surface area contributed by atoms with Crippen LogP contribution in [-0.2, 0) is 18.4 Å². The van der Waals surface area contributed by atoms with E-state index in [1.165, 1.54) is 96.3 Å². The minimum atomic E-state index is -4.35. The van der Waals surface area contributed by atoms with E-state index in [4.69, 9.17) is 9.05 Å². The van der Waals surface area contributed by atoms with Crippen LogP contribution in [-0.4, -0.2) is 73.4 Å². The molecule has 8 nitrogen and oxygen atoms in total. The van der Waals surface area contributed by atoms with Crippen molar-refractivity contribution in [2.75, 3.05) is 40.9 Å². The number of aliphatic hydroxyl groups excluding tert-OH is 1. The number of carbonyl (C=O) groups is 1. The molecule has 1 amide bonds. The van der Waals surface area contributed by atoms with Crippen molar-refractivity contribution in [1.82, 2.24) is 5.32 Å². The van der Waals surface area contributed by atoms with E-state index in [9.17, 15) is 19.4 Å². The third kappa shape index (κ3) is 36.6. The molecule has 0 radical (unpaired) electrons. The number of hydrogen-bond acceptors (Lipinski definition) is 5. The standard InChI is InChI=1S/C42H79N2O6P/c1-6-8-10-12-14-16-17-18-19-20-21-22-23-24-25-26-28-29-31-33-35-41(45)40(39-50-51(47,48)49-38-37-44(3,4)5)43-42(46)36-34-32-30-27-15-13-11-9-7-2/h22-23,26-28,30,33,35,40-41,45H,6-21,24-25,29,31-32,34,36-39H2,1-5H3,(H-,43,46,47,48)/p+1/b23-22+,28-26+,30-27-,35-33+. The van der Waals surface area contributed by atoms with Crippen molar-refractivity contribution in [2.45, 2.75) is 174 Å². The maximum absolute atomic E-state index is 12.7. The zero-order valence-electron chi connectivity index (χ0n) is 33.6. The first kappa shape index (κ1) is 49.5. The van der Waals surface area contributed by atoms with E-state index < -0.39 is 20.0 Å². The number of phosphoric acid groups is 1. The van der Waals surface area contributed by atoms with Crippen molar-refractivity contribution < 1.29 is 32.9 Å². The molecule has 0 aromatic carbocycles. The molecule has 3 N–H and O–H groups in total. The summed E-state index contributed by atoms with van der Waals surface area (Å²) in [6, 6.07) is -0.882. The zero-order valence-corrected chi connectivity index (χ0v) is 34.5. The van der Waals surface area contributed by atoms with Crippen LogP contribution in [0.5, 0.6) is 0 Å². The largest absolute Gasteiger partial charge is 0.472 e. The van der Waals surface area contributed by atoms with E-state index in [2.05, 4.69) is 55.6 Å². The number of carbonyl (C=O) groups excluding carboxylic acids is 1. The molecule has 0 aromatic rings. The molecule has 0 rings (SSSR count). The summed E-state index contributed by atoms with van der Waals surface area (Å²) >= 11 is 0. The minimum absolute atomic E-state index is 0.0477. The Hall–Kier alpha value is -1.54. The van der Waals surface area contributed by atoms with Gasteiger partial charge in [0.2, 0.25) is 5.91 Å². The van der Waals surface area contributed by atoms with Gasteiger partial charge in [0, 0.05) is 6.42 Å². The fourth-order valence-electron chi connectivity index (χ4n) is 5.43. The first-order chi connectivity index (χ1) is 24.5. The summed E-state index contributed by atoms with van der Waals surface area (Å²) in [5, 5.41) is 13.7. The van der Waals surface area contributed by atoms with Gasteiger partial charge in [0.25, 0.3) is 0 Å². The Balaban J connectivity index is 4.52. The zero-order chi connectivity index (χ0) is 37.9. The van der Waals surface area contributed by atoms with Crippen LogP contribution in [0.4, 0.5) is 0 Å². The van der Waals surface area contributed by atoms with Crippen molar-refractivity contribution in [2.24, 2.45) is 0 Å². The number of aliphatic hydroxyl groups is 1. The molecular weight excluding hydrogens is 659 g/mol. The molecule has 298 valence electrons. The van der Waals surface area contributed by atoms with E-state index >= 15 is 0 Å². The fourth-order valence-corrected chi connectivity index (χ4v) is 6.16. The van der Waals surface area contributed by atoms with Crippen LogP contribution < -0.4 is 5.32 Å². The summed E-state index contributed by atoms with van der Waals surface area (Å²) in [4.78, 5) is 22.9. The smallest absolute Gasteiger partial charge is 0.387 e. The van der Waals surface area contributed by atoms with Gasteiger partial charge in [-0.3, -0.25) is 13.8 Å². The number of rotatable bonds is 36. The predicted octanol–water partition coefficient (Wildman–Crippen LogP) is 10.9. The van der Waals surface area contributed by atoms with E-state index in [0.29, 0.717) is 23.9 Å². The van der Waals surface area contributed by atoms with Gasteiger partial charge >= 0.3 is 7.82 Å². The van der Waals surface area contributed by atoms with Crippen molar-refractivity contribution >= 4 is 13.7 Å². The van der Waals surface area contributed by atoms with E-state index in [1.54, 1.807) is 6.08 Å². The fraction of sp³-hybridized carbons (Fsp3) is 0.786. The molecule has 0 aliphatic rings. The topological polar surface area (TPSA) is 105 Å². The van der Waals surface area contributed by atoms with Crippen LogP contribution in [0.1, 0.15) is 162 Å². The Labute approximate surface area is 314 Å². The molecule has 0 spiro atoms. The summed E-state index contributed by atoms with van der Waals surface area (Å²) in [5.41, 5.74) is 0. The number of nitrogens with one attached hydrogen (secondary N) is 1. The normalized spacial score (nSPS) is 15.0. The highest BCUT2D eigenvalue weighted by atomic mass is 31.2. The number of nitrogens with zero attached hydrogens (tertiary/aromatic N) is 1. The molecule has 0 saturated carbocycles. The Morgan fingerprint density at radius 3 is 1.59 bits per heavy atom. The monoisotopic (exact) mass is 740 g/mol. The van der Waals surface area contributed by atoms with Gasteiger partial charge in [-0.1, -0.05) is 140 Å². The number of hydrogen-bond donors (Lipinski definition) is 3. The van der Waals surface area contributed by atoms with E-state index in [-0.39, 0.29) is 19.1 Å². The molecule has 0 fully saturated rings. The second kappa shape index (κ2) is 34.2. The van der Waals surface area contributed by atoms with E-state index in [1.807, 2.05) is 27.2 Å². The second-order valence-corrected chi connectivity index (χ2v) is 16.4. The molecule has 0 bridgehead atoms. The van der Waals surface area contributed by atoms with Gasteiger partial charge in [-0.05, 0) is 64.2 Å². The molecule has 51 heavy (non-hydrogen) atoms. The number of allylic oxidation sites excluding steroid dienone is 7. The predicted molar refractivity (Wildman–Crippen MR) is 217 cm³/mol. The Morgan fingerprint density at radius 2 is 1.08 bits per heavy atom. The third-order valence-corrected chi connectivity index (χ3v) is 9.73. The average molecular weight is 740 g/mol. The molecule has 0 aliphatic heterocycles. The van der Waals surface area contributed by atoms with Gasteiger partial charge in [0.1, 0.15) is 13.2 Å². The van der Waals surface area contributed by atoms with Crippen molar-refractivity contribution in [3.63, 3.8) is 0 Å². The highest BCUT2D eigenvalue weighted by Crippen LogP contribution is 2.43. The average Bonchev–Trinajstić information content (AvgIpc) is 3.07. The quantitative estimate of drug-likeness (QED) is 0.0256. The number of likely N-dealkylation sites (N-methyl/N-ethyl adjacent to an activating group) is 1. The maximum atomic E-state index is 12.7. The first-order valence-corrected chi connectivity index (χ1v) is 22.0. The van der Waals surface area contributed by atoms with Gasteiger partial charge in [0.15, 0.2) is 0 Å². The maximum Gasteiger partial charge on any atom is 0.472 e. The summed E-state index contributed by atoms with van der Waals surface area (Å²) in [7, 11) is 1.52. The summed E-state index contributed by atoms with van der Waals surface area (Å²) in [5.74, 6) is -0.230. The van der Waals surface area contributed by atoms with Crippen LogP contribution in [0.15, 0.2) is 48.6 Å². The highest BCUT2D eigenvalue weighted by Gasteiger charge is 2.27. The molecule has 0 heterocycles. The Kier molecular flexibility index (Phi) is 33.2. The van der Waals surface area contributed by atoms with Crippen LogP contribution >= 0.6 is 7.82 Å². The van der Waals surface area contributed by atoms with Crippen LogP contribution in [0.25, 0.3) is 0 Å².